The highest BCUT2D eigenvalue weighted by molar-refractivity contribution is 5.92. The lowest BCUT2D eigenvalue weighted by Gasteiger charge is -2.08. The molecule has 2 heterocycles. The van der Waals surface area contributed by atoms with Gasteiger partial charge >= 0.3 is 0 Å². The van der Waals surface area contributed by atoms with Crippen molar-refractivity contribution in [3.05, 3.63) is 78.6 Å². The highest BCUT2D eigenvalue weighted by Gasteiger charge is 2.09. The van der Waals surface area contributed by atoms with Crippen LogP contribution < -0.4 is 5.32 Å². The normalized spacial score (nSPS) is 10.3. The number of imidazole rings is 1. The number of aromatic nitrogens is 3. The molecule has 3 rings (SSSR count). The van der Waals surface area contributed by atoms with Gasteiger partial charge in [-0.25, -0.2) is 4.98 Å². The maximum absolute atomic E-state index is 12.0. The Labute approximate surface area is 122 Å². The van der Waals surface area contributed by atoms with E-state index in [2.05, 4.69) is 15.3 Å². The SMILES string of the molecule is O=C(NCc1nccn1-c1ccccc1)c1ccccn1. The third-order valence-corrected chi connectivity index (χ3v) is 3.06. The second kappa shape index (κ2) is 6.00. The van der Waals surface area contributed by atoms with Gasteiger partial charge in [0, 0.05) is 24.3 Å². The van der Waals surface area contributed by atoms with Gasteiger partial charge in [-0.1, -0.05) is 24.3 Å². The highest BCUT2D eigenvalue weighted by Crippen LogP contribution is 2.09. The number of benzene rings is 1. The molecule has 0 saturated carbocycles. The van der Waals surface area contributed by atoms with Gasteiger partial charge in [0.2, 0.25) is 0 Å². The third-order valence-electron chi connectivity index (χ3n) is 3.06. The van der Waals surface area contributed by atoms with Crippen LogP contribution in [-0.4, -0.2) is 20.4 Å². The van der Waals surface area contributed by atoms with Crippen LogP contribution in [0.1, 0.15) is 16.3 Å². The fourth-order valence-electron chi connectivity index (χ4n) is 2.04. The van der Waals surface area contributed by atoms with Crippen LogP contribution in [0.15, 0.2) is 67.1 Å². The molecule has 0 aliphatic carbocycles. The van der Waals surface area contributed by atoms with E-state index in [1.807, 2.05) is 41.1 Å². The number of carbonyl (C=O) groups excluding carboxylic acids is 1. The monoisotopic (exact) mass is 278 g/mol. The molecule has 0 atom stereocenters. The minimum absolute atomic E-state index is 0.210. The summed E-state index contributed by atoms with van der Waals surface area (Å²) in [6, 6.07) is 15.1. The van der Waals surface area contributed by atoms with Crippen LogP contribution >= 0.6 is 0 Å². The standard InChI is InChI=1S/C16H14N4O/c21-16(14-8-4-5-9-17-14)19-12-15-18-10-11-20(15)13-6-2-1-3-7-13/h1-11H,12H2,(H,19,21). The van der Waals surface area contributed by atoms with Crippen LogP contribution in [-0.2, 0) is 6.54 Å². The Morgan fingerprint density at radius 3 is 2.57 bits per heavy atom. The van der Waals surface area contributed by atoms with E-state index >= 15 is 0 Å². The molecule has 0 radical (unpaired) electrons. The van der Waals surface area contributed by atoms with E-state index in [1.165, 1.54) is 0 Å². The molecule has 5 nitrogen and oxygen atoms in total. The molecule has 5 heteroatoms. The van der Waals surface area contributed by atoms with Gasteiger partial charge in [0.05, 0.1) is 6.54 Å². The van der Waals surface area contributed by atoms with Gasteiger partial charge in [0.25, 0.3) is 5.91 Å². The third kappa shape index (κ3) is 2.97. The van der Waals surface area contributed by atoms with Crippen LogP contribution in [0, 0.1) is 0 Å². The molecule has 0 fully saturated rings. The number of rotatable bonds is 4. The molecule has 1 aromatic carbocycles. The van der Waals surface area contributed by atoms with E-state index in [0.717, 1.165) is 11.5 Å². The quantitative estimate of drug-likeness (QED) is 0.796. The largest absolute Gasteiger partial charge is 0.343 e. The van der Waals surface area contributed by atoms with Crippen molar-refractivity contribution in [2.24, 2.45) is 0 Å². The van der Waals surface area contributed by atoms with Crippen LogP contribution in [0.3, 0.4) is 0 Å². The maximum Gasteiger partial charge on any atom is 0.270 e. The van der Waals surface area contributed by atoms with Gasteiger partial charge < -0.3 is 9.88 Å². The number of nitrogens with one attached hydrogen (secondary N) is 1. The first-order valence-electron chi connectivity index (χ1n) is 6.61. The first-order valence-corrected chi connectivity index (χ1v) is 6.61. The zero-order chi connectivity index (χ0) is 14.5. The molecule has 1 N–H and O–H groups in total. The second-order valence-corrected chi connectivity index (χ2v) is 4.45. The predicted molar refractivity (Wildman–Crippen MR) is 79.0 cm³/mol. The first kappa shape index (κ1) is 13.1. The smallest absolute Gasteiger partial charge is 0.270 e. The van der Waals surface area contributed by atoms with Crippen molar-refractivity contribution >= 4 is 5.91 Å². The second-order valence-electron chi connectivity index (χ2n) is 4.45. The van der Waals surface area contributed by atoms with Crippen LogP contribution in [0.4, 0.5) is 0 Å². The Hall–Kier alpha value is -2.95. The molecule has 104 valence electrons. The molecular formula is C16H14N4O. The molecule has 0 aliphatic heterocycles. The summed E-state index contributed by atoms with van der Waals surface area (Å²) in [4.78, 5) is 20.3. The van der Waals surface area contributed by atoms with E-state index in [1.54, 1.807) is 30.6 Å². The zero-order valence-corrected chi connectivity index (χ0v) is 11.3. The van der Waals surface area contributed by atoms with Crippen LogP contribution in [0.2, 0.25) is 0 Å². The molecule has 2 aromatic heterocycles. The Morgan fingerprint density at radius 2 is 1.81 bits per heavy atom. The maximum atomic E-state index is 12.0. The molecule has 0 saturated heterocycles. The molecule has 21 heavy (non-hydrogen) atoms. The highest BCUT2D eigenvalue weighted by atomic mass is 16.1. The minimum Gasteiger partial charge on any atom is -0.343 e. The number of hydrogen-bond donors (Lipinski definition) is 1. The summed E-state index contributed by atoms with van der Waals surface area (Å²) in [7, 11) is 0. The average Bonchev–Trinajstić information content (AvgIpc) is 3.03. The predicted octanol–water partition coefficient (Wildman–Crippen LogP) is 2.20. The lowest BCUT2D eigenvalue weighted by atomic mass is 10.3. The Morgan fingerprint density at radius 1 is 1.00 bits per heavy atom. The summed E-state index contributed by atoms with van der Waals surface area (Å²) in [5.41, 5.74) is 1.41. The van der Waals surface area contributed by atoms with Crippen molar-refractivity contribution in [2.75, 3.05) is 0 Å². The Balaban J connectivity index is 1.73. The van der Waals surface area contributed by atoms with Crippen molar-refractivity contribution in [3.8, 4) is 5.69 Å². The number of hydrogen-bond acceptors (Lipinski definition) is 3. The van der Waals surface area contributed by atoms with Gasteiger partial charge in [-0.15, -0.1) is 0 Å². The molecule has 0 unspecified atom stereocenters. The number of pyridine rings is 1. The molecule has 0 aliphatic rings. The summed E-state index contributed by atoms with van der Waals surface area (Å²) in [6.45, 7) is 0.345. The van der Waals surface area contributed by atoms with Gasteiger partial charge in [0.15, 0.2) is 0 Å². The van der Waals surface area contributed by atoms with E-state index in [-0.39, 0.29) is 5.91 Å². The number of amides is 1. The summed E-state index contributed by atoms with van der Waals surface area (Å²) < 4.78 is 1.94. The summed E-state index contributed by atoms with van der Waals surface area (Å²) in [5.74, 6) is 0.559. The summed E-state index contributed by atoms with van der Waals surface area (Å²) in [5, 5.41) is 2.83. The van der Waals surface area contributed by atoms with Crippen molar-refractivity contribution in [1.29, 1.82) is 0 Å². The van der Waals surface area contributed by atoms with Crippen LogP contribution in [0.25, 0.3) is 5.69 Å². The molecule has 1 amide bonds. The Bertz CT molecular complexity index is 722. The van der Waals surface area contributed by atoms with E-state index in [0.29, 0.717) is 12.2 Å². The van der Waals surface area contributed by atoms with Crippen molar-refractivity contribution in [1.82, 2.24) is 19.9 Å². The number of nitrogens with zero attached hydrogens (tertiary/aromatic N) is 3. The molecule has 3 aromatic rings. The van der Waals surface area contributed by atoms with Crippen molar-refractivity contribution in [3.63, 3.8) is 0 Å². The lowest BCUT2D eigenvalue weighted by molar-refractivity contribution is 0.0944. The molecule has 0 spiro atoms. The average molecular weight is 278 g/mol. The first-order chi connectivity index (χ1) is 10.3. The number of para-hydroxylation sites is 1. The molecule has 0 bridgehead atoms. The molecular weight excluding hydrogens is 264 g/mol. The van der Waals surface area contributed by atoms with E-state index < -0.39 is 0 Å². The zero-order valence-electron chi connectivity index (χ0n) is 11.3. The topological polar surface area (TPSA) is 59.8 Å². The van der Waals surface area contributed by atoms with E-state index in [9.17, 15) is 4.79 Å². The minimum atomic E-state index is -0.210. The fraction of sp³-hybridized carbons (Fsp3) is 0.0625. The summed E-state index contributed by atoms with van der Waals surface area (Å²) in [6.07, 6.45) is 5.19. The fourth-order valence-corrected chi connectivity index (χ4v) is 2.04. The van der Waals surface area contributed by atoms with Crippen LogP contribution in [0.5, 0.6) is 0 Å². The van der Waals surface area contributed by atoms with Gasteiger partial charge in [-0.3, -0.25) is 9.78 Å². The van der Waals surface area contributed by atoms with Gasteiger partial charge in [0.1, 0.15) is 11.5 Å². The van der Waals surface area contributed by atoms with Gasteiger partial charge in [-0.2, -0.15) is 0 Å². The lowest BCUT2D eigenvalue weighted by Crippen LogP contribution is -2.25. The van der Waals surface area contributed by atoms with Gasteiger partial charge in [-0.05, 0) is 24.3 Å². The van der Waals surface area contributed by atoms with Crippen molar-refractivity contribution < 1.29 is 4.79 Å². The Kier molecular flexibility index (Phi) is 3.73. The van der Waals surface area contributed by atoms with Crippen molar-refractivity contribution in [2.45, 2.75) is 6.54 Å². The number of carbonyl (C=O) groups is 1. The summed E-state index contributed by atoms with van der Waals surface area (Å²) >= 11 is 0. The van der Waals surface area contributed by atoms with E-state index in [4.69, 9.17) is 0 Å².